The molecule has 0 spiro atoms. The minimum atomic E-state index is -0.573. The van der Waals surface area contributed by atoms with Crippen LogP contribution >= 0.6 is 0 Å². The highest BCUT2D eigenvalue weighted by atomic mass is 16.5. The Morgan fingerprint density at radius 3 is 2.03 bits per heavy atom. The summed E-state index contributed by atoms with van der Waals surface area (Å²) in [5.41, 5.74) is 2.31. The highest BCUT2D eigenvalue weighted by molar-refractivity contribution is 5.94. The number of hydrogen-bond donors (Lipinski definition) is 1. The van der Waals surface area contributed by atoms with Gasteiger partial charge in [-0.25, -0.2) is 0 Å². The van der Waals surface area contributed by atoms with Crippen molar-refractivity contribution in [3.63, 3.8) is 0 Å². The third kappa shape index (κ3) is 4.55. The molecule has 6 nitrogen and oxygen atoms in total. The van der Waals surface area contributed by atoms with E-state index in [9.17, 15) is 4.79 Å². The lowest BCUT2D eigenvalue weighted by molar-refractivity contribution is -0.122. The summed E-state index contributed by atoms with van der Waals surface area (Å²) in [5.74, 6) is 1.36. The molecule has 0 aliphatic carbocycles. The van der Waals surface area contributed by atoms with Crippen LogP contribution in [0.2, 0.25) is 0 Å². The largest absolute Gasteiger partial charge is 0.481 e. The van der Waals surface area contributed by atoms with Gasteiger partial charge in [0.2, 0.25) is 11.8 Å². The van der Waals surface area contributed by atoms with Gasteiger partial charge in [0.05, 0.1) is 0 Å². The first kappa shape index (κ1) is 19.4. The molecule has 0 aliphatic heterocycles. The van der Waals surface area contributed by atoms with Gasteiger partial charge in [-0.2, -0.15) is 0 Å². The molecule has 1 N–H and O–H groups in total. The number of aromatic nitrogens is 2. The molecule has 1 atom stereocenters. The van der Waals surface area contributed by atoms with Crippen molar-refractivity contribution >= 4 is 11.6 Å². The second-order valence-electron chi connectivity index (χ2n) is 6.67. The van der Waals surface area contributed by atoms with Gasteiger partial charge in [0, 0.05) is 16.8 Å². The van der Waals surface area contributed by atoms with Gasteiger partial charge in [-0.1, -0.05) is 43.3 Å². The molecule has 30 heavy (non-hydrogen) atoms. The second-order valence-corrected chi connectivity index (χ2v) is 6.67. The number of para-hydroxylation sites is 1. The van der Waals surface area contributed by atoms with E-state index < -0.39 is 6.10 Å². The van der Waals surface area contributed by atoms with E-state index in [1.165, 1.54) is 0 Å². The third-order valence-electron chi connectivity index (χ3n) is 4.53. The fraction of sp³-hybridized carbons (Fsp3) is 0.125. The average molecular weight is 399 g/mol. The highest BCUT2D eigenvalue weighted by Gasteiger charge is 2.18. The summed E-state index contributed by atoms with van der Waals surface area (Å²) in [4.78, 5) is 12.6. The summed E-state index contributed by atoms with van der Waals surface area (Å²) in [6.07, 6.45) is -0.0141. The fourth-order valence-corrected chi connectivity index (χ4v) is 2.94. The van der Waals surface area contributed by atoms with Crippen LogP contribution in [0.1, 0.15) is 13.3 Å². The van der Waals surface area contributed by atoms with Crippen LogP contribution in [0, 0.1) is 0 Å². The van der Waals surface area contributed by atoms with E-state index in [0.29, 0.717) is 29.6 Å². The molecule has 3 aromatic carbocycles. The van der Waals surface area contributed by atoms with Crippen molar-refractivity contribution in [1.29, 1.82) is 0 Å². The molecular formula is C24H21N3O3. The Bertz CT molecular complexity index is 1090. The quantitative estimate of drug-likeness (QED) is 0.462. The number of carbonyl (C=O) groups is 1. The second kappa shape index (κ2) is 9.05. The third-order valence-corrected chi connectivity index (χ3v) is 4.53. The summed E-state index contributed by atoms with van der Waals surface area (Å²) < 4.78 is 11.6. The minimum Gasteiger partial charge on any atom is -0.481 e. The molecule has 1 heterocycles. The maximum absolute atomic E-state index is 12.6. The Balaban J connectivity index is 1.42. The fourth-order valence-electron chi connectivity index (χ4n) is 2.94. The molecule has 1 amide bonds. The van der Waals surface area contributed by atoms with Crippen LogP contribution in [0.15, 0.2) is 89.3 Å². The van der Waals surface area contributed by atoms with Crippen molar-refractivity contribution in [1.82, 2.24) is 10.2 Å². The van der Waals surface area contributed by atoms with E-state index >= 15 is 0 Å². The maximum Gasteiger partial charge on any atom is 0.265 e. The summed E-state index contributed by atoms with van der Waals surface area (Å²) in [5, 5.41) is 11.1. The normalized spacial score (nSPS) is 11.6. The van der Waals surface area contributed by atoms with Crippen LogP contribution in [0.3, 0.4) is 0 Å². The van der Waals surface area contributed by atoms with Crippen LogP contribution in [-0.4, -0.2) is 22.2 Å². The standard InChI is InChI=1S/C24H21N3O3/c1-2-21(29-20-11-7-4-8-12-20)22(28)25-19-15-13-18(14-16-19)24-27-26-23(30-24)17-9-5-3-6-10-17/h3-16,21H,2H2,1H3,(H,25,28)/t21-/m1/s1. The van der Waals surface area contributed by atoms with Crippen molar-refractivity contribution in [2.75, 3.05) is 5.32 Å². The van der Waals surface area contributed by atoms with Gasteiger partial charge in [-0.3, -0.25) is 4.79 Å². The Morgan fingerprint density at radius 1 is 0.867 bits per heavy atom. The van der Waals surface area contributed by atoms with E-state index in [-0.39, 0.29) is 5.91 Å². The number of hydrogen-bond acceptors (Lipinski definition) is 5. The summed E-state index contributed by atoms with van der Waals surface area (Å²) >= 11 is 0. The molecule has 6 heteroatoms. The number of ether oxygens (including phenoxy) is 1. The molecule has 1 aromatic heterocycles. The number of amides is 1. The number of nitrogens with one attached hydrogen (secondary N) is 1. The van der Waals surface area contributed by atoms with Crippen molar-refractivity contribution in [3.05, 3.63) is 84.9 Å². The van der Waals surface area contributed by atoms with Gasteiger partial charge in [-0.15, -0.1) is 10.2 Å². The molecular weight excluding hydrogens is 378 g/mol. The number of anilines is 1. The van der Waals surface area contributed by atoms with Gasteiger partial charge < -0.3 is 14.5 Å². The average Bonchev–Trinajstić information content (AvgIpc) is 3.29. The molecule has 0 fully saturated rings. The lowest BCUT2D eigenvalue weighted by Gasteiger charge is -2.17. The molecule has 0 bridgehead atoms. The summed E-state index contributed by atoms with van der Waals surface area (Å²) in [6, 6.07) is 26.2. The molecule has 150 valence electrons. The first-order valence-electron chi connectivity index (χ1n) is 9.75. The molecule has 0 aliphatic rings. The Labute approximate surface area is 174 Å². The highest BCUT2D eigenvalue weighted by Crippen LogP contribution is 2.25. The zero-order valence-corrected chi connectivity index (χ0v) is 16.5. The van der Waals surface area contributed by atoms with Crippen molar-refractivity contribution in [2.24, 2.45) is 0 Å². The van der Waals surface area contributed by atoms with Crippen molar-refractivity contribution < 1.29 is 13.9 Å². The lowest BCUT2D eigenvalue weighted by Crippen LogP contribution is -2.32. The molecule has 4 rings (SSSR count). The van der Waals surface area contributed by atoms with Gasteiger partial charge in [0.15, 0.2) is 6.10 Å². The van der Waals surface area contributed by atoms with Crippen molar-refractivity contribution in [3.8, 4) is 28.7 Å². The molecule has 0 radical (unpaired) electrons. The van der Waals surface area contributed by atoms with Gasteiger partial charge in [0.25, 0.3) is 5.91 Å². The van der Waals surface area contributed by atoms with E-state index in [2.05, 4.69) is 15.5 Å². The number of carbonyl (C=O) groups excluding carboxylic acids is 1. The van der Waals surface area contributed by atoms with E-state index in [1.54, 1.807) is 12.1 Å². The zero-order valence-electron chi connectivity index (χ0n) is 16.5. The van der Waals surface area contributed by atoms with Gasteiger partial charge in [0.1, 0.15) is 5.75 Å². The minimum absolute atomic E-state index is 0.196. The Hall–Kier alpha value is -3.93. The Morgan fingerprint density at radius 2 is 1.43 bits per heavy atom. The van der Waals surface area contributed by atoms with E-state index in [0.717, 1.165) is 11.1 Å². The van der Waals surface area contributed by atoms with Gasteiger partial charge >= 0.3 is 0 Å². The van der Waals surface area contributed by atoms with Crippen molar-refractivity contribution in [2.45, 2.75) is 19.4 Å². The topological polar surface area (TPSA) is 77.2 Å². The maximum atomic E-state index is 12.6. The van der Waals surface area contributed by atoms with E-state index in [4.69, 9.17) is 9.15 Å². The van der Waals surface area contributed by atoms with Crippen LogP contribution < -0.4 is 10.1 Å². The number of benzene rings is 3. The summed E-state index contributed by atoms with van der Waals surface area (Å²) in [6.45, 7) is 1.91. The predicted octanol–water partition coefficient (Wildman–Crippen LogP) is 5.20. The zero-order chi connectivity index (χ0) is 20.8. The molecule has 0 saturated heterocycles. The number of rotatable bonds is 7. The first-order valence-corrected chi connectivity index (χ1v) is 9.75. The first-order chi connectivity index (χ1) is 14.7. The molecule has 0 unspecified atom stereocenters. The van der Waals surface area contributed by atoms with Gasteiger partial charge in [-0.05, 0) is 55.0 Å². The van der Waals surface area contributed by atoms with Crippen LogP contribution in [-0.2, 0) is 4.79 Å². The monoisotopic (exact) mass is 399 g/mol. The number of nitrogens with zero attached hydrogens (tertiary/aromatic N) is 2. The SMILES string of the molecule is CC[C@@H](Oc1ccccc1)C(=O)Nc1ccc(-c2nnc(-c3ccccc3)o2)cc1. The smallest absolute Gasteiger partial charge is 0.265 e. The van der Waals surface area contributed by atoms with E-state index in [1.807, 2.05) is 79.7 Å². The van der Waals surface area contributed by atoms with Crippen LogP contribution in [0.25, 0.3) is 22.9 Å². The van der Waals surface area contributed by atoms with Crippen LogP contribution in [0.5, 0.6) is 5.75 Å². The predicted molar refractivity (Wildman–Crippen MR) is 115 cm³/mol. The summed E-state index contributed by atoms with van der Waals surface area (Å²) in [7, 11) is 0. The Kier molecular flexibility index (Phi) is 5.85. The lowest BCUT2D eigenvalue weighted by atomic mass is 10.2. The van der Waals surface area contributed by atoms with Crippen LogP contribution in [0.4, 0.5) is 5.69 Å². The molecule has 4 aromatic rings. The molecule has 0 saturated carbocycles.